The molecule has 20 heavy (non-hydrogen) atoms. The second-order valence-electron chi connectivity index (χ2n) is 5.89. The second kappa shape index (κ2) is 5.66. The van der Waals surface area contributed by atoms with Gasteiger partial charge in [0.25, 0.3) is 0 Å². The molecule has 2 aromatic rings. The Balaban J connectivity index is 1.77. The molecule has 1 aliphatic carbocycles. The van der Waals surface area contributed by atoms with E-state index in [0.29, 0.717) is 11.7 Å². The zero-order valence-electron chi connectivity index (χ0n) is 11.8. The van der Waals surface area contributed by atoms with Crippen LogP contribution in [0, 0.1) is 5.92 Å². The maximum atomic E-state index is 10.8. The van der Waals surface area contributed by atoms with Gasteiger partial charge in [0.05, 0.1) is 6.10 Å². The molecule has 0 amide bonds. The minimum Gasteiger partial charge on any atom is -0.490 e. The Morgan fingerprint density at radius 1 is 1.00 bits per heavy atom. The van der Waals surface area contributed by atoms with Crippen LogP contribution in [0.15, 0.2) is 36.4 Å². The third-order valence-corrected chi connectivity index (χ3v) is 4.24. The van der Waals surface area contributed by atoms with Crippen molar-refractivity contribution in [1.82, 2.24) is 0 Å². The Morgan fingerprint density at radius 2 is 1.70 bits per heavy atom. The van der Waals surface area contributed by atoms with E-state index in [1.54, 1.807) is 0 Å². The van der Waals surface area contributed by atoms with Crippen LogP contribution >= 0.6 is 0 Å². The van der Waals surface area contributed by atoms with Crippen LogP contribution < -0.4 is 4.74 Å². The summed E-state index contributed by atoms with van der Waals surface area (Å²) in [6.45, 7) is 2.32. The molecular weight excluding hydrogens is 248 g/mol. The molecule has 0 heterocycles. The van der Waals surface area contributed by atoms with Gasteiger partial charge in [0.1, 0.15) is 12.0 Å². The molecule has 1 saturated carbocycles. The van der Waals surface area contributed by atoms with Crippen molar-refractivity contribution in [3.8, 4) is 5.75 Å². The number of benzene rings is 2. The van der Waals surface area contributed by atoms with Crippen LogP contribution in [0.5, 0.6) is 5.75 Å². The first-order valence-electron chi connectivity index (χ1n) is 7.40. The zero-order chi connectivity index (χ0) is 13.9. The van der Waals surface area contributed by atoms with Crippen molar-refractivity contribution in [3.63, 3.8) is 0 Å². The van der Waals surface area contributed by atoms with Crippen LogP contribution in [0.25, 0.3) is 10.8 Å². The summed E-state index contributed by atoms with van der Waals surface area (Å²) in [7, 11) is 0. The van der Waals surface area contributed by atoms with Crippen LogP contribution in [-0.4, -0.2) is 12.4 Å². The van der Waals surface area contributed by atoms with Crippen LogP contribution in [0.2, 0.25) is 0 Å². The molecule has 0 N–H and O–H groups in total. The Kier molecular flexibility index (Phi) is 3.72. The molecule has 0 unspecified atom stereocenters. The topological polar surface area (TPSA) is 26.3 Å². The van der Waals surface area contributed by atoms with Crippen molar-refractivity contribution in [3.05, 3.63) is 42.0 Å². The standard InChI is InChI=1S/C18H20O2/c1-13-2-7-17(8-3-13)20-18-9-6-15-10-14(12-19)4-5-16(15)11-18/h4-6,9-13,17H,2-3,7-8H2,1H3. The molecule has 0 spiro atoms. The average Bonchev–Trinajstić information content (AvgIpc) is 2.49. The average molecular weight is 268 g/mol. The van der Waals surface area contributed by atoms with Crippen molar-refractivity contribution in [1.29, 1.82) is 0 Å². The van der Waals surface area contributed by atoms with Gasteiger partial charge >= 0.3 is 0 Å². The quantitative estimate of drug-likeness (QED) is 0.760. The summed E-state index contributed by atoms with van der Waals surface area (Å²) in [5.41, 5.74) is 0.715. The molecule has 0 aliphatic heterocycles. The predicted octanol–water partition coefficient (Wildman–Crippen LogP) is 4.61. The van der Waals surface area contributed by atoms with E-state index < -0.39 is 0 Å². The summed E-state index contributed by atoms with van der Waals surface area (Å²) >= 11 is 0. The van der Waals surface area contributed by atoms with Crippen molar-refractivity contribution in [2.75, 3.05) is 0 Å². The van der Waals surface area contributed by atoms with E-state index in [4.69, 9.17) is 4.74 Å². The zero-order valence-corrected chi connectivity index (χ0v) is 11.8. The highest BCUT2D eigenvalue weighted by Crippen LogP contribution is 2.28. The van der Waals surface area contributed by atoms with Gasteiger partial charge in [-0.3, -0.25) is 4.79 Å². The fourth-order valence-electron chi connectivity index (χ4n) is 2.93. The normalized spacial score (nSPS) is 22.6. The van der Waals surface area contributed by atoms with Crippen molar-refractivity contribution in [2.24, 2.45) is 5.92 Å². The highest BCUT2D eigenvalue weighted by Gasteiger charge is 2.19. The summed E-state index contributed by atoms with van der Waals surface area (Å²) in [5, 5.41) is 2.21. The number of carbonyl (C=O) groups excluding carboxylic acids is 1. The molecule has 2 heteroatoms. The predicted molar refractivity (Wildman–Crippen MR) is 81.4 cm³/mol. The molecule has 104 valence electrons. The number of carbonyl (C=O) groups is 1. The van der Waals surface area contributed by atoms with E-state index in [1.165, 1.54) is 12.8 Å². The van der Waals surface area contributed by atoms with Crippen LogP contribution in [-0.2, 0) is 0 Å². The highest BCUT2D eigenvalue weighted by atomic mass is 16.5. The molecule has 0 atom stereocenters. The first kappa shape index (κ1) is 13.2. The lowest BCUT2D eigenvalue weighted by atomic mass is 9.89. The number of aldehydes is 1. The number of hydrogen-bond acceptors (Lipinski definition) is 2. The SMILES string of the molecule is CC1CCC(Oc2ccc3cc(C=O)ccc3c2)CC1. The molecule has 1 aliphatic rings. The summed E-state index contributed by atoms with van der Waals surface area (Å²) < 4.78 is 6.10. The van der Waals surface area contributed by atoms with E-state index in [0.717, 1.165) is 41.6 Å². The van der Waals surface area contributed by atoms with E-state index in [9.17, 15) is 4.79 Å². The van der Waals surface area contributed by atoms with Crippen molar-refractivity contribution in [2.45, 2.75) is 38.7 Å². The third-order valence-electron chi connectivity index (χ3n) is 4.24. The number of fused-ring (bicyclic) bond motifs is 1. The number of hydrogen-bond donors (Lipinski definition) is 0. The summed E-state index contributed by atoms with van der Waals surface area (Å²) in [6.07, 6.45) is 6.08. The van der Waals surface area contributed by atoms with Gasteiger partial charge in [0, 0.05) is 5.56 Å². The fourth-order valence-corrected chi connectivity index (χ4v) is 2.93. The number of ether oxygens (including phenoxy) is 1. The van der Waals surface area contributed by atoms with Gasteiger partial charge in [0.2, 0.25) is 0 Å². The molecule has 0 bridgehead atoms. The highest BCUT2D eigenvalue weighted by molar-refractivity contribution is 5.89. The Hall–Kier alpha value is -1.83. The van der Waals surface area contributed by atoms with Crippen LogP contribution in [0.4, 0.5) is 0 Å². The monoisotopic (exact) mass is 268 g/mol. The first-order chi connectivity index (χ1) is 9.74. The maximum Gasteiger partial charge on any atom is 0.150 e. The number of rotatable bonds is 3. The first-order valence-corrected chi connectivity index (χ1v) is 7.40. The van der Waals surface area contributed by atoms with Crippen LogP contribution in [0.3, 0.4) is 0 Å². The Morgan fingerprint density at radius 3 is 2.45 bits per heavy atom. The Bertz CT molecular complexity index is 610. The van der Waals surface area contributed by atoms with E-state index >= 15 is 0 Å². The van der Waals surface area contributed by atoms with Gasteiger partial charge in [-0.05, 0) is 60.6 Å². The van der Waals surface area contributed by atoms with Crippen molar-refractivity contribution < 1.29 is 9.53 Å². The van der Waals surface area contributed by atoms with Gasteiger partial charge in [-0.1, -0.05) is 25.1 Å². The lowest BCUT2D eigenvalue weighted by molar-refractivity contribution is 0.112. The molecule has 0 aromatic heterocycles. The van der Waals surface area contributed by atoms with E-state index in [2.05, 4.69) is 13.0 Å². The smallest absolute Gasteiger partial charge is 0.150 e. The minimum absolute atomic E-state index is 0.359. The van der Waals surface area contributed by atoms with E-state index in [-0.39, 0.29) is 0 Å². The second-order valence-corrected chi connectivity index (χ2v) is 5.89. The Labute approximate surface area is 119 Å². The molecule has 2 nitrogen and oxygen atoms in total. The summed E-state index contributed by atoms with van der Waals surface area (Å²) in [4.78, 5) is 10.8. The van der Waals surface area contributed by atoms with Crippen molar-refractivity contribution >= 4 is 17.1 Å². The largest absolute Gasteiger partial charge is 0.490 e. The van der Waals surface area contributed by atoms with Gasteiger partial charge in [-0.15, -0.1) is 0 Å². The van der Waals surface area contributed by atoms with Gasteiger partial charge in [-0.25, -0.2) is 0 Å². The molecule has 3 rings (SSSR count). The van der Waals surface area contributed by atoms with Gasteiger partial charge in [0.15, 0.2) is 0 Å². The molecule has 2 aromatic carbocycles. The lowest BCUT2D eigenvalue weighted by Gasteiger charge is -2.27. The van der Waals surface area contributed by atoms with E-state index in [1.807, 2.05) is 30.3 Å². The molecular formula is C18H20O2. The summed E-state index contributed by atoms with van der Waals surface area (Å²) in [5.74, 6) is 1.78. The van der Waals surface area contributed by atoms with Crippen LogP contribution in [0.1, 0.15) is 43.0 Å². The van der Waals surface area contributed by atoms with Gasteiger partial charge in [-0.2, -0.15) is 0 Å². The van der Waals surface area contributed by atoms with Gasteiger partial charge < -0.3 is 4.74 Å². The third kappa shape index (κ3) is 2.84. The fraction of sp³-hybridized carbons (Fsp3) is 0.389. The molecule has 0 saturated heterocycles. The molecule has 1 fully saturated rings. The summed E-state index contributed by atoms with van der Waals surface area (Å²) in [6, 6.07) is 11.9. The lowest BCUT2D eigenvalue weighted by Crippen LogP contribution is -2.22. The molecule has 0 radical (unpaired) electrons. The minimum atomic E-state index is 0.359. The maximum absolute atomic E-state index is 10.8.